The standard InChI is InChI=1S/C13H10N2O3S2/c1-2-6-19-13-14-11(12(16)20-13)8-9-4-3-5-10(7-9)15(17)18/h2-5,7-8H,1,6H2/b11-8+. The van der Waals surface area contributed by atoms with E-state index in [9.17, 15) is 14.9 Å². The first-order chi connectivity index (χ1) is 9.60. The molecule has 20 heavy (non-hydrogen) atoms. The van der Waals surface area contributed by atoms with Gasteiger partial charge in [0.15, 0.2) is 0 Å². The van der Waals surface area contributed by atoms with E-state index in [1.165, 1.54) is 23.9 Å². The highest BCUT2D eigenvalue weighted by Gasteiger charge is 2.22. The van der Waals surface area contributed by atoms with E-state index in [-0.39, 0.29) is 10.8 Å². The van der Waals surface area contributed by atoms with Gasteiger partial charge in [0.05, 0.1) is 4.92 Å². The number of hydrogen-bond acceptors (Lipinski definition) is 6. The number of nitrogens with zero attached hydrogens (tertiary/aromatic N) is 2. The van der Waals surface area contributed by atoms with Gasteiger partial charge in [-0.05, 0) is 23.4 Å². The average Bonchev–Trinajstić information content (AvgIpc) is 2.77. The van der Waals surface area contributed by atoms with Gasteiger partial charge in [-0.15, -0.1) is 6.58 Å². The fraction of sp³-hybridized carbons (Fsp3) is 0.0769. The molecule has 0 amide bonds. The van der Waals surface area contributed by atoms with Gasteiger partial charge in [-0.1, -0.05) is 30.0 Å². The summed E-state index contributed by atoms with van der Waals surface area (Å²) >= 11 is 2.50. The Morgan fingerprint density at radius 3 is 3.00 bits per heavy atom. The number of carbonyl (C=O) groups is 1. The molecule has 0 saturated heterocycles. The summed E-state index contributed by atoms with van der Waals surface area (Å²) in [6.07, 6.45) is 3.30. The zero-order valence-corrected chi connectivity index (χ0v) is 11.9. The van der Waals surface area contributed by atoms with Gasteiger partial charge in [0.25, 0.3) is 5.69 Å². The largest absolute Gasteiger partial charge is 0.279 e. The lowest BCUT2D eigenvalue weighted by Gasteiger charge is -1.95. The van der Waals surface area contributed by atoms with E-state index in [1.54, 1.807) is 24.3 Å². The summed E-state index contributed by atoms with van der Waals surface area (Å²) in [6, 6.07) is 6.09. The van der Waals surface area contributed by atoms with Crippen LogP contribution in [-0.2, 0) is 4.79 Å². The fourth-order valence-electron chi connectivity index (χ4n) is 1.47. The second-order valence-electron chi connectivity index (χ2n) is 3.75. The Kier molecular flexibility index (Phi) is 4.75. The molecule has 1 aliphatic heterocycles. The molecular weight excluding hydrogens is 296 g/mol. The summed E-state index contributed by atoms with van der Waals surface area (Å²) < 4.78 is 0.673. The SMILES string of the molecule is C=CCSC1=N/C(=C/c2cccc([N+](=O)[O-])c2)C(=O)S1. The first-order valence-corrected chi connectivity index (χ1v) is 7.41. The Bertz CT molecular complexity index is 638. The number of benzene rings is 1. The number of aliphatic imine (C=N–C) groups is 1. The van der Waals surface area contributed by atoms with Gasteiger partial charge in [-0.2, -0.15) is 0 Å². The molecule has 0 spiro atoms. The van der Waals surface area contributed by atoms with E-state index >= 15 is 0 Å². The van der Waals surface area contributed by atoms with Crippen LogP contribution in [0.3, 0.4) is 0 Å². The van der Waals surface area contributed by atoms with Crippen molar-refractivity contribution in [1.29, 1.82) is 0 Å². The van der Waals surface area contributed by atoms with Crippen molar-refractivity contribution in [2.45, 2.75) is 0 Å². The summed E-state index contributed by atoms with van der Waals surface area (Å²) in [7, 11) is 0. The second kappa shape index (κ2) is 6.53. The van der Waals surface area contributed by atoms with E-state index in [2.05, 4.69) is 11.6 Å². The van der Waals surface area contributed by atoms with E-state index in [0.717, 1.165) is 11.8 Å². The van der Waals surface area contributed by atoms with Gasteiger partial charge < -0.3 is 0 Å². The number of non-ortho nitro benzene ring substituents is 1. The van der Waals surface area contributed by atoms with Gasteiger partial charge in [-0.3, -0.25) is 14.9 Å². The molecule has 102 valence electrons. The van der Waals surface area contributed by atoms with E-state index < -0.39 is 4.92 Å². The third-order valence-corrected chi connectivity index (χ3v) is 4.31. The number of carbonyl (C=O) groups excluding carboxylic acids is 1. The maximum Gasteiger partial charge on any atom is 0.270 e. The van der Waals surface area contributed by atoms with Crippen LogP contribution < -0.4 is 0 Å². The van der Waals surface area contributed by atoms with Crippen molar-refractivity contribution in [2.75, 3.05) is 5.75 Å². The molecule has 2 rings (SSSR count). The third-order valence-electron chi connectivity index (χ3n) is 2.31. The smallest absolute Gasteiger partial charge is 0.270 e. The first-order valence-electron chi connectivity index (χ1n) is 5.61. The summed E-state index contributed by atoms with van der Waals surface area (Å²) in [5, 5.41) is 10.5. The zero-order chi connectivity index (χ0) is 14.5. The maximum atomic E-state index is 11.8. The Balaban J connectivity index is 2.24. The molecule has 1 heterocycles. The summed E-state index contributed by atoms with van der Waals surface area (Å²) in [5.74, 6) is 0.684. The lowest BCUT2D eigenvalue weighted by atomic mass is 10.2. The van der Waals surface area contributed by atoms with Crippen LogP contribution in [0.5, 0.6) is 0 Å². The lowest BCUT2D eigenvalue weighted by Crippen LogP contribution is -1.90. The van der Waals surface area contributed by atoms with Gasteiger partial charge >= 0.3 is 0 Å². The third kappa shape index (κ3) is 3.58. The number of nitro groups is 1. The van der Waals surface area contributed by atoms with Crippen LogP contribution in [0, 0.1) is 10.1 Å². The molecule has 5 nitrogen and oxygen atoms in total. The second-order valence-corrected chi connectivity index (χ2v) is 5.98. The van der Waals surface area contributed by atoms with Crippen molar-refractivity contribution in [3.8, 4) is 0 Å². The minimum absolute atomic E-state index is 0.0114. The number of rotatable bonds is 4. The van der Waals surface area contributed by atoms with Crippen LogP contribution in [0.1, 0.15) is 5.56 Å². The monoisotopic (exact) mass is 306 g/mol. The molecule has 0 atom stereocenters. The van der Waals surface area contributed by atoms with Crippen LogP contribution in [0.4, 0.5) is 5.69 Å². The molecule has 0 unspecified atom stereocenters. The van der Waals surface area contributed by atoms with Crippen molar-refractivity contribution in [1.82, 2.24) is 0 Å². The van der Waals surface area contributed by atoms with E-state index in [0.29, 0.717) is 21.4 Å². The van der Waals surface area contributed by atoms with Crippen LogP contribution in [0.25, 0.3) is 6.08 Å². The number of hydrogen-bond donors (Lipinski definition) is 0. The van der Waals surface area contributed by atoms with E-state index in [1.807, 2.05) is 0 Å². The van der Waals surface area contributed by atoms with Crippen molar-refractivity contribution in [3.05, 3.63) is 58.3 Å². The van der Waals surface area contributed by atoms with Crippen molar-refractivity contribution >= 4 is 44.8 Å². The van der Waals surface area contributed by atoms with Crippen molar-refractivity contribution < 1.29 is 9.72 Å². The summed E-state index contributed by atoms with van der Waals surface area (Å²) in [4.78, 5) is 26.2. The molecule has 0 saturated carbocycles. The Hall–Kier alpha value is -1.86. The lowest BCUT2D eigenvalue weighted by molar-refractivity contribution is -0.384. The van der Waals surface area contributed by atoms with Gasteiger partial charge in [0.1, 0.15) is 10.1 Å². The highest BCUT2D eigenvalue weighted by molar-refractivity contribution is 8.45. The molecule has 1 aromatic rings. The normalized spacial score (nSPS) is 16.3. The summed E-state index contributed by atoms with van der Waals surface area (Å²) in [5.41, 5.74) is 0.881. The molecule has 1 aliphatic rings. The molecule has 0 N–H and O–H groups in total. The minimum atomic E-state index is -0.470. The van der Waals surface area contributed by atoms with Crippen LogP contribution in [0.2, 0.25) is 0 Å². The van der Waals surface area contributed by atoms with Crippen molar-refractivity contribution in [2.24, 2.45) is 4.99 Å². The molecule has 0 fully saturated rings. The maximum absolute atomic E-state index is 11.8. The highest BCUT2D eigenvalue weighted by atomic mass is 32.2. The molecule has 0 bridgehead atoms. The Labute approximate surface area is 124 Å². The molecule has 0 aromatic heterocycles. The topological polar surface area (TPSA) is 72.6 Å². The quantitative estimate of drug-likeness (QED) is 0.368. The highest BCUT2D eigenvalue weighted by Crippen LogP contribution is 2.31. The summed E-state index contributed by atoms with van der Waals surface area (Å²) in [6.45, 7) is 3.61. The molecule has 7 heteroatoms. The zero-order valence-electron chi connectivity index (χ0n) is 10.3. The number of nitro benzene ring substituents is 1. The first kappa shape index (κ1) is 14.5. The molecule has 0 aliphatic carbocycles. The van der Waals surface area contributed by atoms with Gasteiger partial charge in [0.2, 0.25) is 5.12 Å². The van der Waals surface area contributed by atoms with Gasteiger partial charge in [-0.25, -0.2) is 4.99 Å². The van der Waals surface area contributed by atoms with Crippen LogP contribution in [0.15, 0.2) is 47.6 Å². The van der Waals surface area contributed by atoms with Crippen LogP contribution >= 0.6 is 23.5 Å². The average molecular weight is 306 g/mol. The predicted molar refractivity (Wildman–Crippen MR) is 83.8 cm³/mol. The molecule has 1 aromatic carbocycles. The molecular formula is C13H10N2O3S2. The van der Waals surface area contributed by atoms with E-state index in [4.69, 9.17) is 0 Å². The van der Waals surface area contributed by atoms with Gasteiger partial charge in [0, 0.05) is 17.9 Å². The Morgan fingerprint density at radius 1 is 1.50 bits per heavy atom. The van der Waals surface area contributed by atoms with Crippen LogP contribution in [-0.4, -0.2) is 20.2 Å². The predicted octanol–water partition coefficient (Wildman–Crippen LogP) is 3.48. The Morgan fingerprint density at radius 2 is 2.30 bits per heavy atom. The molecule has 0 radical (unpaired) electrons. The fourth-order valence-corrected chi connectivity index (χ4v) is 3.07. The minimum Gasteiger partial charge on any atom is -0.279 e. The number of thioether (sulfide) groups is 2. The van der Waals surface area contributed by atoms with Crippen molar-refractivity contribution in [3.63, 3.8) is 0 Å².